The number of carbonyl (C=O) groups excluding carboxylic acids is 1. The Balaban J connectivity index is 2.16. The summed E-state index contributed by atoms with van der Waals surface area (Å²) in [5, 5.41) is 4.09. The fraction of sp³-hybridized carbons (Fsp3) is 0.889. The minimum Gasteiger partial charge on any atom is -0.431 e. The number of hydrogen-bond donors (Lipinski definition) is 0. The van der Waals surface area contributed by atoms with Crippen molar-refractivity contribution in [3.63, 3.8) is 0 Å². The molecule has 2 atom stereocenters. The van der Waals surface area contributed by atoms with Gasteiger partial charge >= 0.3 is 6.16 Å². The molecule has 4 heteroatoms. The molecule has 1 rings (SSSR count). The molecular formula is C9H16NO3. The van der Waals surface area contributed by atoms with Crippen LogP contribution in [-0.2, 0) is 9.47 Å². The summed E-state index contributed by atoms with van der Waals surface area (Å²) in [5.74, 6) is 0. The van der Waals surface area contributed by atoms with Gasteiger partial charge in [-0.2, -0.15) is 0 Å². The highest BCUT2D eigenvalue weighted by Crippen LogP contribution is 2.10. The van der Waals surface area contributed by atoms with Crippen LogP contribution in [0.25, 0.3) is 0 Å². The molecule has 75 valence electrons. The molecule has 1 saturated heterocycles. The molecule has 0 amide bonds. The third-order valence-electron chi connectivity index (χ3n) is 2.05. The second-order valence-corrected chi connectivity index (χ2v) is 3.21. The highest BCUT2D eigenvalue weighted by molar-refractivity contribution is 5.60. The van der Waals surface area contributed by atoms with Crippen molar-refractivity contribution in [3.8, 4) is 0 Å². The smallest absolute Gasteiger partial charge is 0.431 e. The molecule has 13 heavy (non-hydrogen) atoms. The van der Waals surface area contributed by atoms with Crippen molar-refractivity contribution in [3.05, 3.63) is 0 Å². The van der Waals surface area contributed by atoms with Gasteiger partial charge in [0.05, 0.1) is 0 Å². The van der Waals surface area contributed by atoms with Crippen LogP contribution in [0.1, 0.15) is 33.1 Å². The maximum absolute atomic E-state index is 11.1. The maximum Gasteiger partial charge on any atom is 0.510 e. The highest BCUT2D eigenvalue weighted by atomic mass is 16.7. The molecule has 1 fully saturated rings. The van der Waals surface area contributed by atoms with E-state index in [4.69, 9.17) is 9.47 Å². The van der Waals surface area contributed by atoms with Crippen LogP contribution in [-0.4, -0.2) is 25.0 Å². The molecule has 0 N–H and O–H groups in total. The Morgan fingerprint density at radius 2 is 2.46 bits per heavy atom. The lowest BCUT2D eigenvalue weighted by molar-refractivity contribution is -0.00268. The van der Waals surface area contributed by atoms with Gasteiger partial charge in [-0.25, -0.2) is 10.1 Å². The normalized spacial score (nSPS) is 24.0. The van der Waals surface area contributed by atoms with Crippen molar-refractivity contribution in [1.82, 2.24) is 5.32 Å². The fourth-order valence-corrected chi connectivity index (χ4v) is 1.08. The SMILES string of the molecule is CCC(C)OC(=O)OC1CCC[N]1. The van der Waals surface area contributed by atoms with Gasteiger partial charge in [0.1, 0.15) is 6.10 Å². The monoisotopic (exact) mass is 186 g/mol. The zero-order valence-corrected chi connectivity index (χ0v) is 8.16. The van der Waals surface area contributed by atoms with E-state index in [-0.39, 0.29) is 12.3 Å². The summed E-state index contributed by atoms with van der Waals surface area (Å²) in [6.07, 6.45) is 1.70. The molecule has 0 aromatic heterocycles. The molecule has 0 aliphatic carbocycles. The lowest BCUT2D eigenvalue weighted by Gasteiger charge is -2.13. The Hall–Kier alpha value is -0.770. The van der Waals surface area contributed by atoms with Crippen molar-refractivity contribution in [2.45, 2.75) is 45.4 Å². The van der Waals surface area contributed by atoms with Crippen molar-refractivity contribution in [1.29, 1.82) is 0 Å². The van der Waals surface area contributed by atoms with Crippen molar-refractivity contribution >= 4 is 6.16 Å². The predicted molar refractivity (Wildman–Crippen MR) is 47.3 cm³/mol. The standard InChI is InChI=1S/C9H16NO3/c1-3-7(2)12-9(11)13-8-5-4-6-10-8/h7-8H,3-6H2,1-2H3. The summed E-state index contributed by atoms with van der Waals surface area (Å²) in [5.41, 5.74) is 0. The highest BCUT2D eigenvalue weighted by Gasteiger charge is 2.21. The summed E-state index contributed by atoms with van der Waals surface area (Å²) in [6.45, 7) is 4.59. The van der Waals surface area contributed by atoms with E-state index in [0.717, 1.165) is 25.8 Å². The lowest BCUT2D eigenvalue weighted by atomic mass is 10.3. The molecule has 1 aliphatic rings. The van der Waals surface area contributed by atoms with Gasteiger partial charge in [0.25, 0.3) is 0 Å². The summed E-state index contributed by atoms with van der Waals surface area (Å²) in [4.78, 5) is 11.1. The molecule has 1 radical (unpaired) electrons. The summed E-state index contributed by atoms with van der Waals surface area (Å²) in [7, 11) is 0. The van der Waals surface area contributed by atoms with Crippen LogP contribution in [0.5, 0.6) is 0 Å². The van der Waals surface area contributed by atoms with E-state index in [1.54, 1.807) is 0 Å². The number of ether oxygens (including phenoxy) is 2. The largest absolute Gasteiger partial charge is 0.510 e. The van der Waals surface area contributed by atoms with E-state index in [1.807, 2.05) is 13.8 Å². The minimum absolute atomic E-state index is 0.0751. The minimum atomic E-state index is -0.593. The van der Waals surface area contributed by atoms with Crippen LogP contribution in [0.4, 0.5) is 4.79 Å². The lowest BCUT2D eigenvalue weighted by Crippen LogP contribution is -2.25. The summed E-state index contributed by atoms with van der Waals surface area (Å²) >= 11 is 0. The van der Waals surface area contributed by atoms with Crippen LogP contribution in [0, 0.1) is 0 Å². The predicted octanol–water partition coefficient (Wildman–Crippen LogP) is 1.66. The van der Waals surface area contributed by atoms with E-state index >= 15 is 0 Å². The zero-order chi connectivity index (χ0) is 9.68. The first-order valence-electron chi connectivity index (χ1n) is 4.76. The Kier molecular flexibility index (Phi) is 4.02. The first kappa shape index (κ1) is 10.3. The second-order valence-electron chi connectivity index (χ2n) is 3.21. The van der Waals surface area contributed by atoms with Crippen LogP contribution in [0.15, 0.2) is 0 Å². The molecule has 4 nitrogen and oxygen atoms in total. The number of hydrogen-bond acceptors (Lipinski definition) is 3. The van der Waals surface area contributed by atoms with Gasteiger partial charge < -0.3 is 9.47 Å². The molecule has 1 heterocycles. The van der Waals surface area contributed by atoms with Crippen LogP contribution in [0.2, 0.25) is 0 Å². The van der Waals surface area contributed by atoms with Crippen molar-refractivity contribution < 1.29 is 14.3 Å². The van der Waals surface area contributed by atoms with Gasteiger partial charge in [0.15, 0.2) is 6.23 Å². The Bertz CT molecular complexity index is 166. The Morgan fingerprint density at radius 1 is 1.69 bits per heavy atom. The molecule has 0 aromatic carbocycles. The number of carbonyl (C=O) groups is 1. The molecule has 0 spiro atoms. The first-order valence-corrected chi connectivity index (χ1v) is 4.76. The van der Waals surface area contributed by atoms with Crippen LogP contribution >= 0.6 is 0 Å². The molecule has 0 aromatic rings. The van der Waals surface area contributed by atoms with Crippen molar-refractivity contribution in [2.24, 2.45) is 0 Å². The van der Waals surface area contributed by atoms with Gasteiger partial charge in [-0.15, -0.1) is 0 Å². The average molecular weight is 186 g/mol. The van der Waals surface area contributed by atoms with Crippen LogP contribution in [0.3, 0.4) is 0 Å². The first-order chi connectivity index (χ1) is 6.22. The Morgan fingerprint density at radius 3 is 3.00 bits per heavy atom. The fourth-order valence-electron chi connectivity index (χ4n) is 1.08. The zero-order valence-electron chi connectivity index (χ0n) is 8.16. The molecular weight excluding hydrogens is 170 g/mol. The molecule has 2 unspecified atom stereocenters. The third kappa shape index (κ3) is 3.63. The van der Waals surface area contributed by atoms with E-state index in [2.05, 4.69) is 5.32 Å². The van der Waals surface area contributed by atoms with E-state index in [0.29, 0.717) is 0 Å². The van der Waals surface area contributed by atoms with Gasteiger partial charge in [-0.3, -0.25) is 0 Å². The van der Waals surface area contributed by atoms with Gasteiger partial charge in [0, 0.05) is 13.0 Å². The van der Waals surface area contributed by atoms with Gasteiger partial charge in [-0.05, 0) is 19.8 Å². The summed E-state index contributed by atoms with van der Waals surface area (Å²) < 4.78 is 9.90. The van der Waals surface area contributed by atoms with Crippen LogP contribution < -0.4 is 5.32 Å². The molecule has 0 bridgehead atoms. The molecule has 1 aliphatic heterocycles. The second kappa shape index (κ2) is 5.07. The van der Waals surface area contributed by atoms with E-state index in [1.165, 1.54) is 0 Å². The quantitative estimate of drug-likeness (QED) is 0.630. The summed E-state index contributed by atoms with van der Waals surface area (Å²) in [6, 6.07) is 0. The van der Waals surface area contributed by atoms with Crippen molar-refractivity contribution in [2.75, 3.05) is 6.54 Å². The van der Waals surface area contributed by atoms with Gasteiger partial charge in [0.2, 0.25) is 0 Å². The third-order valence-corrected chi connectivity index (χ3v) is 2.05. The molecule has 0 saturated carbocycles. The number of nitrogens with zero attached hydrogens (tertiary/aromatic N) is 1. The topological polar surface area (TPSA) is 49.6 Å². The Labute approximate surface area is 78.6 Å². The maximum atomic E-state index is 11.1. The number of rotatable bonds is 3. The van der Waals surface area contributed by atoms with Gasteiger partial charge in [-0.1, -0.05) is 6.92 Å². The van der Waals surface area contributed by atoms with E-state index < -0.39 is 6.16 Å². The van der Waals surface area contributed by atoms with E-state index in [9.17, 15) is 4.79 Å². The average Bonchev–Trinajstić information content (AvgIpc) is 2.56.